The molecule has 0 aliphatic carbocycles. The summed E-state index contributed by atoms with van der Waals surface area (Å²) in [6.45, 7) is 0. The summed E-state index contributed by atoms with van der Waals surface area (Å²) in [5.41, 5.74) is 3.83. The van der Waals surface area contributed by atoms with Gasteiger partial charge in [0.05, 0.1) is 17.3 Å². The Bertz CT molecular complexity index is 565. The van der Waals surface area contributed by atoms with Gasteiger partial charge in [-0.1, -0.05) is 17.7 Å². The Labute approximate surface area is 123 Å². The Balaban J connectivity index is 2.45. The van der Waals surface area contributed by atoms with E-state index in [1.807, 2.05) is 12.1 Å². The summed E-state index contributed by atoms with van der Waals surface area (Å²) < 4.78 is 14.6. The molecule has 6 heteroatoms. The van der Waals surface area contributed by atoms with Crippen LogP contribution in [-0.4, -0.2) is 4.98 Å². The minimum absolute atomic E-state index is 0.407. The van der Waals surface area contributed by atoms with Crippen LogP contribution < -0.4 is 11.3 Å². The third-order valence-corrected chi connectivity index (χ3v) is 4.13. The Morgan fingerprint density at radius 3 is 2.78 bits per heavy atom. The number of nitrogens with two attached hydrogens (primary N) is 1. The zero-order valence-electron chi connectivity index (χ0n) is 9.20. The van der Waals surface area contributed by atoms with Gasteiger partial charge in [0.1, 0.15) is 5.82 Å². The molecule has 3 N–H and O–H groups in total. The fraction of sp³-hybridized carbons (Fsp3) is 0.0833. The van der Waals surface area contributed by atoms with Crippen molar-refractivity contribution in [1.29, 1.82) is 0 Å². The number of rotatable bonds is 3. The molecule has 1 heterocycles. The second-order valence-electron chi connectivity index (χ2n) is 3.67. The predicted octanol–water partition coefficient (Wildman–Crippen LogP) is 3.03. The third-order valence-electron chi connectivity index (χ3n) is 2.56. The Morgan fingerprint density at radius 2 is 2.17 bits per heavy atom. The van der Waals surface area contributed by atoms with E-state index in [4.69, 9.17) is 17.4 Å². The molecule has 94 valence electrons. The van der Waals surface area contributed by atoms with Gasteiger partial charge in [0.15, 0.2) is 0 Å². The lowest BCUT2D eigenvalue weighted by Crippen LogP contribution is -2.29. The van der Waals surface area contributed by atoms with E-state index in [-0.39, 0.29) is 0 Å². The van der Waals surface area contributed by atoms with Gasteiger partial charge in [-0.3, -0.25) is 10.8 Å². The number of pyridine rings is 1. The van der Waals surface area contributed by atoms with Crippen LogP contribution in [0, 0.1) is 9.39 Å². The molecular weight excluding hydrogens is 368 g/mol. The monoisotopic (exact) mass is 377 g/mol. The Hall–Kier alpha value is -0.760. The van der Waals surface area contributed by atoms with E-state index in [0.29, 0.717) is 10.6 Å². The molecule has 1 unspecified atom stereocenters. The van der Waals surface area contributed by atoms with Crippen molar-refractivity contribution in [2.24, 2.45) is 5.84 Å². The number of nitrogens with zero attached hydrogens (tertiary/aromatic N) is 1. The molecule has 2 aromatic rings. The highest BCUT2D eigenvalue weighted by Gasteiger charge is 2.17. The molecule has 0 radical (unpaired) electrons. The molecule has 0 saturated carbocycles. The quantitative estimate of drug-likeness (QED) is 0.491. The number of hydrazine groups is 1. The normalized spacial score (nSPS) is 12.4. The molecule has 0 amide bonds. The van der Waals surface area contributed by atoms with Crippen LogP contribution in [0.1, 0.15) is 17.2 Å². The number of nitrogens with one attached hydrogen (secondary N) is 1. The molecule has 1 aromatic heterocycles. The number of benzene rings is 1. The lowest BCUT2D eigenvalue weighted by atomic mass is 10.00. The van der Waals surface area contributed by atoms with Gasteiger partial charge >= 0.3 is 0 Å². The van der Waals surface area contributed by atoms with Crippen LogP contribution in [-0.2, 0) is 0 Å². The van der Waals surface area contributed by atoms with Gasteiger partial charge in [-0.25, -0.2) is 9.82 Å². The van der Waals surface area contributed by atoms with Crippen molar-refractivity contribution in [2.45, 2.75) is 6.04 Å². The third kappa shape index (κ3) is 2.80. The molecule has 0 bridgehead atoms. The number of aromatic nitrogens is 1. The minimum Gasteiger partial charge on any atom is -0.271 e. The maximum Gasteiger partial charge on any atom is 0.146 e. The van der Waals surface area contributed by atoms with Crippen molar-refractivity contribution < 1.29 is 4.39 Å². The standard InChI is InChI=1S/C12H10ClFIN3/c13-9-5-7(1-2-11(9)15)12(18-16)8-3-4-17-6-10(8)14/h1-6,12,18H,16H2. The van der Waals surface area contributed by atoms with E-state index >= 15 is 0 Å². The van der Waals surface area contributed by atoms with Crippen molar-refractivity contribution in [3.05, 3.63) is 62.2 Å². The van der Waals surface area contributed by atoms with Crippen LogP contribution >= 0.6 is 34.2 Å². The van der Waals surface area contributed by atoms with Crippen LogP contribution in [0.5, 0.6) is 0 Å². The van der Waals surface area contributed by atoms with Crippen LogP contribution in [0.15, 0.2) is 36.7 Å². The molecule has 2 rings (SSSR count). The van der Waals surface area contributed by atoms with Gasteiger partial charge in [-0.05, 0) is 46.4 Å². The van der Waals surface area contributed by atoms with E-state index in [1.165, 1.54) is 6.20 Å². The second-order valence-corrected chi connectivity index (χ2v) is 5.24. The highest BCUT2D eigenvalue weighted by Crippen LogP contribution is 2.27. The Morgan fingerprint density at radius 1 is 1.39 bits per heavy atom. The summed E-state index contributed by atoms with van der Waals surface area (Å²) in [6, 6.07) is 6.63. The number of halogens is 3. The number of hydrogen-bond acceptors (Lipinski definition) is 3. The van der Waals surface area contributed by atoms with Crippen LogP contribution in [0.3, 0.4) is 0 Å². The first-order chi connectivity index (χ1) is 8.63. The molecule has 0 fully saturated rings. The summed E-state index contributed by atoms with van der Waals surface area (Å²) in [4.78, 5) is 3.72. The lowest BCUT2D eigenvalue weighted by Gasteiger charge is -2.17. The van der Waals surface area contributed by atoms with E-state index in [1.54, 1.807) is 12.1 Å². The summed E-state index contributed by atoms with van der Waals surface area (Å²) in [6.07, 6.45) is 2.69. The van der Waals surface area contributed by atoms with E-state index in [0.717, 1.165) is 15.3 Å². The highest BCUT2D eigenvalue weighted by atomic mass is 127. The van der Waals surface area contributed by atoms with Gasteiger partial charge in [0, 0.05) is 15.3 Å². The molecular formula is C12H10ClFIN3. The first kappa shape index (κ1) is 13.7. The second kappa shape index (κ2) is 5.92. The predicted molar refractivity (Wildman–Crippen MR) is 77.5 cm³/mol. The fourth-order valence-electron chi connectivity index (χ4n) is 1.68. The first-order valence-electron chi connectivity index (χ1n) is 5.14. The highest BCUT2D eigenvalue weighted by molar-refractivity contribution is 14.1. The lowest BCUT2D eigenvalue weighted by molar-refractivity contribution is 0.555. The maximum atomic E-state index is 13.7. The van der Waals surface area contributed by atoms with Gasteiger partial charge < -0.3 is 0 Å². The zero-order chi connectivity index (χ0) is 13.1. The molecule has 1 aromatic carbocycles. The minimum atomic E-state index is -0.456. The molecule has 3 nitrogen and oxygen atoms in total. The van der Waals surface area contributed by atoms with Crippen molar-refractivity contribution in [3.8, 4) is 0 Å². The van der Waals surface area contributed by atoms with Gasteiger partial charge in [-0.15, -0.1) is 0 Å². The van der Waals surface area contributed by atoms with Gasteiger partial charge in [-0.2, -0.15) is 0 Å². The molecule has 18 heavy (non-hydrogen) atoms. The van der Waals surface area contributed by atoms with E-state index in [2.05, 4.69) is 33.0 Å². The fourth-order valence-corrected chi connectivity index (χ4v) is 2.20. The smallest absolute Gasteiger partial charge is 0.146 e. The van der Waals surface area contributed by atoms with Crippen molar-refractivity contribution in [2.75, 3.05) is 0 Å². The molecule has 0 aliphatic heterocycles. The van der Waals surface area contributed by atoms with Gasteiger partial charge in [0.2, 0.25) is 0 Å². The molecule has 0 saturated heterocycles. The summed E-state index contributed by atoms with van der Waals surface area (Å²) >= 11 is 8.19. The summed E-state index contributed by atoms with van der Waals surface area (Å²) in [7, 11) is 0. The molecule has 1 atom stereocenters. The van der Waals surface area contributed by atoms with Crippen LogP contribution in [0.25, 0.3) is 0 Å². The number of hydrogen-bond donors (Lipinski definition) is 2. The van der Waals surface area contributed by atoms with Crippen LogP contribution in [0.4, 0.5) is 4.39 Å². The summed E-state index contributed by atoms with van der Waals surface area (Å²) in [5.74, 6) is 5.10. The molecule has 0 aliphatic rings. The van der Waals surface area contributed by atoms with Crippen molar-refractivity contribution >= 4 is 34.2 Å². The first-order valence-corrected chi connectivity index (χ1v) is 6.59. The van der Waals surface area contributed by atoms with E-state index < -0.39 is 11.9 Å². The maximum absolute atomic E-state index is 13.7. The molecule has 0 spiro atoms. The van der Waals surface area contributed by atoms with E-state index in [9.17, 15) is 4.39 Å². The summed E-state index contributed by atoms with van der Waals surface area (Å²) in [5, 5.41) is 0.614. The van der Waals surface area contributed by atoms with Crippen LogP contribution in [0.2, 0.25) is 5.02 Å². The topological polar surface area (TPSA) is 50.9 Å². The van der Waals surface area contributed by atoms with Crippen molar-refractivity contribution in [1.82, 2.24) is 10.4 Å². The average Bonchev–Trinajstić information content (AvgIpc) is 2.37. The largest absolute Gasteiger partial charge is 0.271 e. The van der Waals surface area contributed by atoms with Crippen molar-refractivity contribution in [3.63, 3.8) is 0 Å². The zero-order valence-corrected chi connectivity index (χ0v) is 12.1. The Kier molecular flexibility index (Phi) is 4.50. The van der Waals surface area contributed by atoms with Gasteiger partial charge in [0.25, 0.3) is 0 Å². The average molecular weight is 378 g/mol. The SMILES string of the molecule is NNC(c1ccc(I)c(Cl)c1)c1ccncc1F.